The maximum absolute atomic E-state index is 6.03. The molecule has 0 saturated heterocycles. The molecule has 0 radical (unpaired) electrons. The minimum absolute atomic E-state index is 0.185. The molecule has 2 nitrogen and oxygen atoms in total. The standard InChI is InChI=1S/C14H15NO/c1-15-9-14-12-7-4-6-10(12)11-5-2-3-8-13(11)16-14/h2-6,8,14-15H,7,9H2,1H3. The van der Waals surface area contributed by atoms with Gasteiger partial charge in [0.1, 0.15) is 11.9 Å². The van der Waals surface area contributed by atoms with Gasteiger partial charge in [0.25, 0.3) is 0 Å². The number of rotatable bonds is 2. The molecule has 0 saturated carbocycles. The summed E-state index contributed by atoms with van der Waals surface area (Å²) in [5.74, 6) is 1.01. The van der Waals surface area contributed by atoms with Crippen LogP contribution in [0.15, 0.2) is 42.0 Å². The average molecular weight is 213 g/mol. The van der Waals surface area contributed by atoms with Crippen molar-refractivity contribution >= 4 is 5.57 Å². The van der Waals surface area contributed by atoms with E-state index in [4.69, 9.17) is 4.74 Å². The monoisotopic (exact) mass is 213 g/mol. The van der Waals surface area contributed by atoms with Gasteiger partial charge in [-0.25, -0.2) is 0 Å². The highest BCUT2D eigenvalue weighted by molar-refractivity contribution is 5.84. The molecule has 1 unspecified atom stereocenters. The highest BCUT2D eigenvalue weighted by Crippen LogP contribution is 2.40. The third-order valence-electron chi connectivity index (χ3n) is 3.19. The van der Waals surface area contributed by atoms with Crippen LogP contribution in [0.2, 0.25) is 0 Å². The molecular weight excluding hydrogens is 198 g/mol. The van der Waals surface area contributed by atoms with Crippen LogP contribution in [0.25, 0.3) is 5.57 Å². The van der Waals surface area contributed by atoms with Crippen LogP contribution in [-0.4, -0.2) is 19.7 Å². The molecular formula is C14H15NO. The van der Waals surface area contributed by atoms with Crippen molar-refractivity contribution in [3.63, 3.8) is 0 Å². The summed E-state index contributed by atoms with van der Waals surface area (Å²) >= 11 is 0. The summed E-state index contributed by atoms with van der Waals surface area (Å²) in [4.78, 5) is 0. The van der Waals surface area contributed by atoms with Crippen LogP contribution in [0, 0.1) is 0 Å². The number of para-hydroxylation sites is 1. The van der Waals surface area contributed by atoms with Gasteiger partial charge in [0.15, 0.2) is 0 Å². The van der Waals surface area contributed by atoms with Gasteiger partial charge >= 0.3 is 0 Å². The highest BCUT2D eigenvalue weighted by atomic mass is 16.5. The molecule has 1 heterocycles. The maximum atomic E-state index is 6.03. The van der Waals surface area contributed by atoms with Crippen LogP contribution in [0.1, 0.15) is 12.0 Å². The predicted molar refractivity (Wildman–Crippen MR) is 65.5 cm³/mol. The Kier molecular flexibility index (Phi) is 2.29. The summed E-state index contributed by atoms with van der Waals surface area (Å²) in [6.07, 6.45) is 5.65. The molecule has 0 amide bonds. The van der Waals surface area contributed by atoms with E-state index in [9.17, 15) is 0 Å². The highest BCUT2D eigenvalue weighted by Gasteiger charge is 2.28. The Balaban J connectivity index is 2.08. The number of benzene rings is 1. The van der Waals surface area contributed by atoms with E-state index < -0.39 is 0 Å². The van der Waals surface area contributed by atoms with E-state index in [0.717, 1.165) is 18.7 Å². The number of ether oxygens (including phenoxy) is 1. The van der Waals surface area contributed by atoms with Crippen LogP contribution >= 0.6 is 0 Å². The first-order valence-electron chi connectivity index (χ1n) is 5.70. The Morgan fingerprint density at radius 2 is 2.25 bits per heavy atom. The number of fused-ring (bicyclic) bond motifs is 2. The van der Waals surface area contributed by atoms with E-state index in [2.05, 4.69) is 29.6 Å². The van der Waals surface area contributed by atoms with Gasteiger partial charge in [-0.3, -0.25) is 0 Å². The summed E-state index contributed by atoms with van der Waals surface area (Å²) in [6, 6.07) is 8.28. The van der Waals surface area contributed by atoms with Gasteiger partial charge in [0.2, 0.25) is 0 Å². The van der Waals surface area contributed by atoms with E-state index in [1.807, 2.05) is 19.2 Å². The smallest absolute Gasteiger partial charge is 0.133 e. The zero-order chi connectivity index (χ0) is 11.0. The van der Waals surface area contributed by atoms with E-state index in [1.54, 1.807) is 0 Å². The molecule has 0 spiro atoms. The number of hydrogen-bond donors (Lipinski definition) is 1. The van der Waals surface area contributed by atoms with Crippen LogP contribution < -0.4 is 10.1 Å². The maximum Gasteiger partial charge on any atom is 0.133 e. The Labute approximate surface area is 95.6 Å². The Morgan fingerprint density at radius 3 is 3.12 bits per heavy atom. The van der Waals surface area contributed by atoms with Gasteiger partial charge in [-0.15, -0.1) is 0 Å². The normalized spacial score (nSPS) is 21.7. The summed E-state index contributed by atoms with van der Waals surface area (Å²) < 4.78 is 6.03. The van der Waals surface area contributed by atoms with E-state index in [0.29, 0.717) is 0 Å². The molecule has 2 heteroatoms. The Hall–Kier alpha value is -1.54. The topological polar surface area (TPSA) is 21.3 Å². The van der Waals surface area contributed by atoms with Crippen molar-refractivity contribution in [1.29, 1.82) is 0 Å². The molecule has 0 fully saturated rings. The Morgan fingerprint density at radius 1 is 1.38 bits per heavy atom. The largest absolute Gasteiger partial charge is 0.484 e. The second kappa shape index (κ2) is 3.80. The number of hydrogen-bond acceptors (Lipinski definition) is 2. The summed E-state index contributed by atoms with van der Waals surface area (Å²) in [5, 5.41) is 3.19. The molecule has 16 heavy (non-hydrogen) atoms. The zero-order valence-corrected chi connectivity index (χ0v) is 9.36. The average Bonchev–Trinajstić information content (AvgIpc) is 2.79. The quantitative estimate of drug-likeness (QED) is 0.814. The fraction of sp³-hybridized carbons (Fsp3) is 0.286. The van der Waals surface area contributed by atoms with Gasteiger partial charge in [-0.1, -0.05) is 30.4 Å². The molecule has 1 aromatic rings. The van der Waals surface area contributed by atoms with Crippen LogP contribution in [0.5, 0.6) is 5.75 Å². The van der Waals surface area contributed by atoms with Crippen molar-refractivity contribution < 1.29 is 4.74 Å². The van der Waals surface area contributed by atoms with Gasteiger partial charge in [-0.05, 0) is 30.7 Å². The lowest BCUT2D eigenvalue weighted by Crippen LogP contribution is -2.33. The van der Waals surface area contributed by atoms with Gasteiger partial charge in [0.05, 0.1) is 0 Å². The molecule has 3 rings (SSSR count). The van der Waals surface area contributed by atoms with Crippen molar-refractivity contribution in [2.45, 2.75) is 12.5 Å². The molecule has 1 N–H and O–H groups in total. The summed E-state index contributed by atoms with van der Waals surface area (Å²) in [6.45, 7) is 0.870. The fourth-order valence-corrected chi connectivity index (χ4v) is 2.45. The molecule has 0 bridgehead atoms. The second-order valence-corrected chi connectivity index (χ2v) is 4.21. The number of nitrogens with one attached hydrogen (secondary N) is 1. The molecule has 1 aliphatic heterocycles. The van der Waals surface area contributed by atoms with Crippen molar-refractivity contribution in [2.75, 3.05) is 13.6 Å². The lowest BCUT2D eigenvalue weighted by molar-refractivity contribution is 0.229. The van der Waals surface area contributed by atoms with Crippen molar-refractivity contribution in [2.24, 2.45) is 0 Å². The number of likely N-dealkylation sites (N-methyl/N-ethyl adjacent to an activating group) is 1. The first-order chi connectivity index (χ1) is 7.90. The number of allylic oxidation sites excluding steroid dienone is 3. The molecule has 1 atom stereocenters. The van der Waals surface area contributed by atoms with Crippen molar-refractivity contribution in [1.82, 2.24) is 5.32 Å². The fourth-order valence-electron chi connectivity index (χ4n) is 2.45. The van der Waals surface area contributed by atoms with E-state index in [1.165, 1.54) is 16.7 Å². The minimum Gasteiger partial charge on any atom is -0.484 e. The van der Waals surface area contributed by atoms with Crippen LogP contribution in [0.3, 0.4) is 0 Å². The van der Waals surface area contributed by atoms with E-state index in [-0.39, 0.29) is 6.10 Å². The zero-order valence-electron chi connectivity index (χ0n) is 9.36. The molecule has 2 aliphatic rings. The lowest BCUT2D eigenvalue weighted by atomic mass is 9.95. The van der Waals surface area contributed by atoms with Gasteiger partial charge < -0.3 is 10.1 Å². The first-order valence-corrected chi connectivity index (χ1v) is 5.70. The van der Waals surface area contributed by atoms with Gasteiger partial charge in [0, 0.05) is 12.1 Å². The van der Waals surface area contributed by atoms with Crippen LogP contribution in [0.4, 0.5) is 0 Å². The minimum atomic E-state index is 0.185. The van der Waals surface area contributed by atoms with Crippen molar-refractivity contribution in [3.8, 4) is 5.75 Å². The summed E-state index contributed by atoms with van der Waals surface area (Å²) in [7, 11) is 1.96. The van der Waals surface area contributed by atoms with Crippen molar-refractivity contribution in [3.05, 3.63) is 47.6 Å². The third-order valence-corrected chi connectivity index (χ3v) is 3.19. The molecule has 0 aromatic heterocycles. The van der Waals surface area contributed by atoms with Gasteiger partial charge in [-0.2, -0.15) is 0 Å². The third kappa shape index (κ3) is 1.38. The Bertz CT molecular complexity index is 473. The SMILES string of the molecule is CNCC1Oc2ccccc2C2=C1CC=C2. The summed E-state index contributed by atoms with van der Waals surface area (Å²) in [5.41, 5.74) is 4.01. The lowest BCUT2D eigenvalue weighted by Gasteiger charge is -2.28. The first kappa shape index (κ1) is 9.67. The molecule has 1 aliphatic carbocycles. The van der Waals surface area contributed by atoms with E-state index >= 15 is 0 Å². The van der Waals surface area contributed by atoms with Crippen LogP contribution in [-0.2, 0) is 0 Å². The predicted octanol–water partition coefficient (Wildman–Crippen LogP) is 2.38. The molecule has 82 valence electrons. The molecule has 1 aromatic carbocycles. The second-order valence-electron chi connectivity index (χ2n) is 4.21.